The summed E-state index contributed by atoms with van der Waals surface area (Å²) in [5.41, 5.74) is 1.52. The Kier molecular flexibility index (Phi) is 4.65. The number of nitrogens with one attached hydrogen (secondary N) is 1. The van der Waals surface area contributed by atoms with E-state index in [1.54, 1.807) is 35.8 Å². The number of hydrogen-bond acceptors (Lipinski definition) is 4. The lowest BCUT2D eigenvalue weighted by atomic mass is 10.3. The summed E-state index contributed by atoms with van der Waals surface area (Å²) in [7, 11) is 0. The molecule has 0 aliphatic carbocycles. The topological polar surface area (TPSA) is 75.9 Å². The van der Waals surface area contributed by atoms with Gasteiger partial charge in [-0.1, -0.05) is 12.2 Å². The number of aromatic nitrogens is 4. The minimum Gasteiger partial charge on any atom is -0.321 e. The first kappa shape index (κ1) is 14.7. The van der Waals surface area contributed by atoms with Crippen molar-refractivity contribution in [1.29, 1.82) is 0 Å². The first-order valence-electron chi connectivity index (χ1n) is 6.62. The van der Waals surface area contributed by atoms with Crippen LogP contribution in [0.15, 0.2) is 43.0 Å². The van der Waals surface area contributed by atoms with Crippen LogP contribution in [0.3, 0.4) is 0 Å². The monoisotopic (exact) mass is 286 g/mol. The highest BCUT2D eigenvalue weighted by Crippen LogP contribution is 2.09. The molecule has 0 aliphatic rings. The van der Waals surface area contributed by atoms with Gasteiger partial charge in [0.1, 0.15) is 0 Å². The molecule has 110 valence electrons. The molecule has 2 amide bonds. The molecule has 0 bridgehead atoms. The average molecular weight is 286 g/mol. The van der Waals surface area contributed by atoms with E-state index in [1.807, 2.05) is 13.8 Å². The van der Waals surface area contributed by atoms with Crippen LogP contribution in [0.1, 0.15) is 13.8 Å². The first-order chi connectivity index (χ1) is 10.1. The van der Waals surface area contributed by atoms with Gasteiger partial charge in [0.2, 0.25) is 5.95 Å². The van der Waals surface area contributed by atoms with Gasteiger partial charge in [-0.2, -0.15) is 5.10 Å². The zero-order valence-corrected chi connectivity index (χ0v) is 12.2. The fourth-order valence-corrected chi connectivity index (χ4v) is 1.76. The second-order valence-corrected chi connectivity index (χ2v) is 4.62. The molecule has 0 saturated heterocycles. The van der Waals surface area contributed by atoms with E-state index in [1.165, 1.54) is 4.68 Å². The highest BCUT2D eigenvalue weighted by atomic mass is 16.2. The van der Waals surface area contributed by atoms with E-state index >= 15 is 0 Å². The third-order valence-electron chi connectivity index (χ3n) is 2.72. The quantitative estimate of drug-likeness (QED) is 0.854. The molecule has 0 spiro atoms. The molecule has 2 heterocycles. The lowest BCUT2D eigenvalue weighted by molar-refractivity contribution is 0.218. The van der Waals surface area contributed by atoms with E-state index in [2.05, 4.69) is 27.0 Å². The number of nitrogens with zero attached hydrogens (tertiary/aromatic N) is 5. The summed E-state index contributed by atoms with van der Waals surface area (Å²) < 4.78 is 1.50. The van der Waals surface area contributed by atoms with Gasteiger partial charge in [-0.25, -0.2) is 19.4 Å². The maximum atomic E-state index is 12.1. The van der Waals surface area contributed by atoms with Crippen LogP contribution in [0.4, 0.5) is 10.5 Å². The molecule has 0 atom stereocenters. The zero-order chi connectivity index (χ0) is 15.2. The lowest BCUT2D eigenvalue weighted by Gasteiger charge is -2.20. The van der Waals surface area contributed by atoms with Gasteiger partial charge in [0, 0.05) is 25.5 Å². The van der Waals surface area contributed by atoms with Crippen molar-refractivity contribution in [3.8, 4) is 5.95 Å². The highest BCUT2D eigenvalue weighted by molar-refractivity contribution is 5.89. The van der Waals surface area contributed by atoms with Gasteiger partial charge in [-0.05, 0) is 19.9 Å². The van der Waals surface area contributed by atoms with Crippen LogP contribution in [-0.4, -0.2) is 43.8 Å². The molecule has 2 aromatic rings. The van der Waals surface area contributed by atoms with Crippen molar-refractivity contribution in [3.05, 3.63) is 43.0 Å². The Morgan fingerprint density at radius 3 is 2.76 bits per heavy atom. The molecule has 1 N–H and O–H groups in total. The predicted octanol–water partition coefficient (Wildman–Crippen LogP) is 2.09. The largest absolute Gasteiger partial charge is 0.322 e. The van der Waals surface area contributed by atoms with Gasteiger partial charge in [-0.3, -0.25) is 0 Å². The number of urea groups is 1. The van der Waals surface area contributed by atoms with Crippen LogP contribution in [-0.2, 0) is 0 Å². The number of likely N-dealkylation sites (N-methyl/N-ethyl adjacent to an activating group) is 1. The molecule has 0 radical (unpaired) electrons. The second kappa shape index (κ2) is 6.65. The standard InChI is InChI=1S/C14H18N6O/c1-4-19(9-11(2)3)14(21)18-12-8-17-20(10-12)13-15-6-5-7-16-13/h5-8,10H,2,4,9H2,1,3H3,(H,18,21). The van der Waals surface area contributed by atoms with Crippen LogP contribution >= 0.6 is 0 Å². The lowest BCUT2D eigenvalue weighted by Crippen LogP contribution is -2.35. The molecule has 7 heteroatoms. The minimum absolute atomic E-state index is 0.186. The van der Waals surface area contributed by atoms with Crippen LogP contribution in [0.25, 0.3) is 5.95 Å². The van der Waals surface area contributed by atoms with Gasteiger partial charge in [0.25, 0.3) is 0 Å². The fourth-order valence-electron chi connectivity index (χ4n) is 1.76. The number of amides is 2. The highest BCUT2D eigenvalue weighted by Gasteiger charge is 2.13. The molecule has 21 heavy (non-hydrogen) atoms. The fraction of sp³-hybridized carbons (Fsp3) is 0.286. The molecule has 2 aromatic heterocycles. The Hall–Kier alpha value is -2.70. The van der Waals surface area contributed by atoms with Crippen molar-refractivity contribution in [3.63, 3.8) is 0 Å². The summed E-state index contributed by atoms with van der Waals surface area (Å²) in [6, 6.07) is 1.54. The van der Waals surface area contributed by atoms with Crippen molar-refractivity contribution in [1.82, 2.24) is 24.6 Å². The van der Waals surface area contributed by atoms with Gasteiger partial charge in [0.05, 0.1) is 18.1 Å². The van der Waals surface area contributed by atoms with Crippen molar-refractivity contribution in [2.45, 2.75) is 13.8 Å². The second-order valence-electron chi connectivity index (χ2n) is 4.62. The summed E-state index contributed by atoms with van der Waals surface area (Å²) in [6.45, 7) is 8.76. The van der Waals surface area contributed by atoms with E-state index < -0.39 is 0 Å². The molecule has 0 saturated carbocycles. The molecule has 7 nitrogen and oxygen atoms in total. The maximum absolute atomic E-state index is 12.1. The summed E-state index contributed by atoms with van der Waals surface area (Å²) >= 11 is 0. The first-order valence-corrected chi connectivity index (χ1v) is 6.62. The summed E-state index contributed by atoms with van der Waals surface area (Å²) in [5, 5.41) is 6.92. The van der Waals surface area contributed by atoms with Crippen molar-refractivity contribution >= 4 is 11.7 Å². The number of anilines is 1. The van der Waals surface area contributed by atoms with E-state index in [-0.39, 0.29) is 6.03 Å². The molecule has 2 rings (SSSR count). The zero-order valence-electron chi connectivity index (χ0n) is 12.2. The Labute approximate surface area is 123 Å². The molecule has 0 aliphatic heterocycles. The van der Waals surface area contributed by atoms with E-state index in [0.717, 1.165) is 5.57 Å². The number of hydrogen-bond donors (Lipinski definition) is 1. The number of rotatable bonds is 5. The summed E-state index contributed by atoms with van der Waals surface area (Å²) in [4.78, 5) is 22.0. The Morgan fingerprint density at radius 2 is 2.14 bits per heavy atom. The Morgan fingerprint density at radius 1 is 1.43 bits per heavy atom. The van der Waals surface area contributed by atoms with E-state index in [9.17, 15) is 4.79 Å². The molecule has 0 aromatic carbocycles. The van der Waals surface area contributed by atoms with Crippen molar-refractivity contribution in [2.75, 3.05) is 18.4 Å². The third-order valence-corrected chi connectivity index (χ3v) is 2.72. The Bertz CT molecular complexity index is 621. The number of carbonyl (C=O) groups excluding carboxylic acids is 1. The number of carbonyl (C=O) groups is 1. The third kappa shape index (κ3) is 3.88. The van der Waals surface area contributed by atoms with Gasteiger partial charge < -0.3 is 10.2 Å². The van der Waals surface area contributed by atoms with Crippen LogP contribution in [0, 0.1) is 0 Å². The molecular weight excluding hydrogens is 268 g/mol. The normalized spacial score (nSPS) is 10.2. The van der Waals surface area contributed by atoms with Crippen LogP contribution < -0.4 is 5.32 Å². The summed E-state index contributed by atoms with van der Waals surface area (Å²) in [6.07, 6.45) is 6.49. The smallest absolute Gasteiger partial charge is 0.321 e. The summed E-state index contributed by atoms with van der Waals surface area (Å²) in [5.74, 6) is 0.451. The Balaban J connectivity index is 2.05. The molecule has 0 fully saturated rings. The van der Waals surface area contributed by atoms with Crippen LogP contribution in [0.5, 0.6) is 0 Å². The molecular formula is C14H18N6O. The van der Waals surface area contributed by atoms with Gasteiger partial charge >= 0.3 is 6.03 Å². The molecule has 0 unspecified atom stereocenters. The van der Waals surface area contributed by atoms with Crippen molar-refractivity contribution in [2.24, 2.45) is 0 Å². The van der Waals surface area contributed by atoms with Gasteiger partial charge in [-0.15, -0.1) is 0 Å². The average Bonchev–Trinajstić information content (AvgIpc) is 2.94. The van der Waals surface area contributed by atoms with E-state index in [0.29, 0.717) is 24.7 Å². The predicted molar refractivity (Wildman–Crippen MR) is 80.2 cm³/mol. The van der Waals surface area contributed by atoms with Crippen molar-refractivity contribution < 1.29 is 4.79 Å². The van der Waals surface area contributed by atoms with Crippen LogP contribution in [0.2, 0.25) is 0 Å². The SMILES string of the molecule is C=C(C)CN(CC)C(=O)Nc1cnn(-c2ncccn2)c1. The maximum Gasteiger partial charge on any atom is 0.322 e. The van der Waals surface area contributed by atoms with Gasteiger partial charge in [0.15, 0.2) is 0 Å². The minimum atomic E-state index is -0.186. The van der Waals surface area contributed by atoms with E-state index in [4.69, 9.17) is 0 Å².